The summed E-state index contributed by atoms with van der Waals surface area (Å²) >= 11 is 0. The van der Waals surface area contributed by atoms with E-state index in [9.17, 15) is 9.59 Å². The SMILES string of the molecule is CC1CCCN1C(=O)CCC(=O)O. The van der Waals surface area contributed by atoms with Gasteiger partial charge in [-0.15, -0.1) is 0 Å². The van der Waals surface area contributed by atoms with Crippen LogP contribution >= 0.6 is 0 Å². The fourth-order valence-electron chi connectivity index (χ4n) is 1.66. The third-order valence-corrected chi connectivity index (χ3v) is 2.43. The molecule has 1 saturated heterocycles. The Kier molecular flexibility index (Phi) is 3.28. The van der Waals surface area contributed by atoms with E-state index in [-0.39, 0.29) is 18.7 Å². The summed E-state index contributed by atoms with van der Waals surface area (Å²) in [6.07, 6.45) is 2.17. The second kappa shape index (κ2) is 4.25. The van der Waals surface area contributed by atoms with Gasteiger partial charge in [0.2, 0.25) is 5.91 Å². The second-order valence-corrected chi connectivity index (χ2v) is 3.47. The lowest BCUT2D eigenvalue weighted by Crippen LogP contribution is -2.33. The summed E-state index contributed by atoms with van der Waals surface area (Å²) in [4.78, 5) is 23.4. The molecule has 1 unspecified atom stereocenters. The van der Waals surface area contributed by atoms with Gasteiger partial charge in [0.1, 0.15) is 0 Å². The minimum Gasteiger partial charge on any atom is -0.481 e. The first-order valence-electron chi connectivity index (χ1n) is 4.62. The number of likely N-dealkylation sites (tertiary alicyclic amines) is 1. The summed E-state index contributed by atoms with van der Waals surface area (Å²) < 4.78 is 0. The van der Waals surface area contributed by atoms with Gasteiger partial charge in [-0.2, -0.15) is 0 Å². The highest BCUT2D eigenvalue weighted by Crippen LogP contribution is 2.17. The molecule has 0 radical (unpaired) electrons. The van der Waals surface area contributed by atoms with Gasteiger partial charge in [-0.3, -0.25) is 9.59 Å². The third-order valence-electron chi connectivity index (χ3n) is 2.43. The Balaban J connectivity index is 2.34. The van der Waals surface area contributed by atoms with Crippen molar-refractivity contribution in [1.29, 1.82) is 0 Å². The number of hydrogen-bond acceptors (Lipinski definition) is 2. The lowest BCUT2D eigenvalue weighted by atomic mass is 10.2. The minimum absolute atomic E-state index is 0.0209. The van der Waals surface area contributed by atoms with E-state index in [1.165, 1.54) is 0 Å². The largest absolute Gasteiger partial charge is 0.481 e. The highest BCUT2D eigenvalue weighted by molar-refractivity contribution is 5.81. The maximum Gasteiger partial charge on any atom is 0.303 e. The van der Waals surface area contributed by atoms with Crippen molar-refractivity contribution in [2.75, 3.05) is 6.54 Å². The standard InChI is InChI=1S/C9H15NO3/c1-7-3-2-6-10(7)8(11)4-5-9(12)13/h7H,2-6H2,1H3,(H,12,13). The van der Waals surface area contributed by atoms with Gasteiger partial charge in [0.15, 0.2) is 0 Å². The molecule has 0 aromatic carbocycles. The van der Waals surface area contributed by atoms with Gasteiger partial charge in [0.05, 0.1) is 6.42 Å². The number of hydrogen-bond donors (Lipinski definition) is 1. The highest BCUT2D eigenvalue weighted by Gasteiger charge is 2.24. The van der Waals surface area contributed by atoms with E-state index < -0.39 is 5.97 Å². The predicted molar refractivity (Wildman–Crippen MR) is 47.3 cm³/mol. The quantitative estimate of drug-likeness (QED) is 0.709. The van der Waals surface area contributed by atoms with Crippen LogP contribution in [-0.2, 0) is 9.59 Å². The molecule has 0 saturated carbocycles. The summed E-state index contributed by atoms with van der Waals surface area (Å²) in [5.41, 5.74) is 0. The van der Waals surface area contributed by atoms with Gasteiger partial charge in [-0.1, -0.05) is 0 Å². The van der Waals surface area contributed by atoms with Gasteiger partial charge in [0, 0.05) is 19.0 Å². The smallest absolute Gasteiger partial charge is 0.303 e. The number of carbonyl (C=O) groups is 2. The van der Waals surface area contributed by atoms with Crippen molar-refractivity contribution in [3.63, 3.8) is 0 Å². The lowest BCUT2D eigenvalue weighted by molar-refractivity contribution is -0.141. The first kappa shape index (κ1) is 10.0. The summed E-state index contributed by atoms with van der Waals surface area (Å²) in [6.45, 7) is 2.80. The molecule has 1 amide bonds. The molecule has 0 spiro atoms. The molecular formula is C9H15NO3. The molecule has 1 aliphatic rings. The van der Waals surface area contributed by atoms with Gasteiger partial charge >= 0.3 is 5.97 Å². The molecule has 74 valence electrons. The fourth-order valence-corrected chi connectivity index (χ4v) is 1.66. The van der Waals surface area contributed by atoms with Crippen molar-refractivity contribution in [2.45, 2.75) is 38.6 Å². The van der Waals surface area contributed by atoms with E-state index in [4.69, 9.17) is 5.11 Å². The van der Waals surface area contributed by atoms with E-state index >= 15 is 0 Å². The van der Waals surface area contributed by atoms with Crippen LogP contribution in [-0.4, -0.2) is 34.5 Å². The van der Waals surface area contributed by atoms with E-state index in [1.54, 1.807) is 4.90 Å². The average Bonchev–Trinajstić information content (AvgIpc) is 2.47. The molecule has 4 nitrogen and oxygen atoms in total. The van der Waals surface area contributed by atoms with Crippen LogP contribution in [0.2, 0.25) is 0 Å². The predicted octanol–water partition coefficient (Wildman–Crippen LogP) is 0.862. The zero-order valence-corrected chi connectivity index (χ0v) is 7.82. The van der Waals surface area contributed by atoms with E-state index in [0.29, 0.717) is 6.04 Å². The summed E-state index contributed by atoms with van der Waals surface area (Å²) in [6, 6.07) is 0.293. The molecule has 1 heterocycles. The zero-order chi connectivity index (χ0) is 9.84. The summed E-state index contributed by atoms with van der Waals surface area (Å²) in [5.74, 6) is -0.924. The monoisotopic (exact) mass is 185 g/mol. The van der Waals surface area contributed by atoms with Crippen molar-refractivity contribution in [2.24, 2.45) is 0 Å². The summed E-state index contributed by atoms with van der Waals surface area (Å²) in [5, 5.41) is 8.40. The molecule has 1 rings (SSSR count). The van der Waals surface area contributed by atoms with Crippen LogP contribution in [0.4, 0.5) is 0 Å². The Bertz CT molecular complexity index is 215. The van der Waals surface area contributed by atoms with Crippen LogP contribution in [0.25, 0.3) is 0 Å². The number of carboxylic acid groups (broad SMARTS) is 1. The number of nitrogens with zero attached hydrogens (tertiary/aromatic N) is 1. The topological polar surface area (TPSA) is 57.6 Å². The van der Waals surface area contributed by atoms with Gasteiger partial charge in [0.25, 0.3) is 0 Å². The van der Waals surface area contributed by atoms with Gasteiger partial charge in [-0.25, -0.2) is 0 Å². The van der Waals surface area contributed by atoms with E-state index in [2.05, 4.69) is 0 Å². The molecule has 0 aromatic heterocycles. The molecular weight excluding hydrogens is 170 g/mol. The van der Waals surface area contributed by atoms with Crippen molar-refractivity contribution in [3.05, 3.63) is 0 Å². The Labute approximate surface area is 77.5 Å². The average molecular weight is 185 g/mol. The molecule has 1 atom stereocenters. The fraction of sp³-hybridized carbons (Fsp3) is 0.778. The number of amides is 1. The Morgan fingerprint density at radius 3 is 2.62 bits per heavy atom. The lowest BCUT2D eigenvalue weighted by Gasteiger charge is -2.20. The van der Waals surface area contributed by atoms with E-state index in [1.807, 2.05) is 6.92 Å². The first-order chi connectivity index (χ1) is 6.11. The number of rotatable bonds is 3. The minimum atomic E-state index is -0.903. The van der Waals surface area contributed by atoms with Crippen molar-refractivity contribution < 1.29 is 14.7 Å². The van der Waals surface area contributed by atoms with E-state index in [0.717, 1.165) is 19.4 Å². The number of carbonyl (C=O) groups excluding carboxylic acids is 1. The van der Waals surface area contributed by atoms with Crippen molar-refractivity contribution in [3.8, 4) is 0 Å². The molecule has 0 aromatic rings. The highest BCUT2D eigenvalue weighted by atomic mass is 16.4. The molecule has 0 bridgehead atoms. The maximum absolute atomic E-state index is 11.4. The molecule has 0 aliphatic carbocycles. The Morgan fingerprint density at radius 2 is 2.15 bits per heavy atom. The Hall–Kier alpha value is -1.06. The molecule has 1 aliphatic heterocycles. The summed E-state index contributed by atoms with van der Waals surface area (Å²) in [7, 11) is 0. The molecule has 4 heteroatoms. The first-order valence-corrected chi connectivity index (χ1v) is 4.62. The number of aliphatic carboxylic acids is 1. The zero-order valence-electron chi connectivity index (χ0n) is 7.82. The van der Waals surface area contributed by atoms with Crippen molar-refractivity contribution in [1.82, 2.24) is 4.90 Å². The molecule has 1 N–H and O–H groups in total. The maximum atomic E-state index is 11.4. The van der Waals surface area contributed by atoms with Crippen LogP contribution < -0.4 is 0 Å². The third kappa shape index (κ3) is 2.72. The second-order valence-electron chi connectivity index (χ2n) is 3.47. The Morgan fingerprint density at radius 1 is 1.46 bits per heavy atom. The van der Waals surface area contributed by atoms with Crippen LogP contribution in [0.3, 0.4) is 0 Å². The molecule has 13 heavy (non-hydrogen) atoms. The normalized spacial score (nSPS) is 21.9. The molecule has 1 fully saturated rings. The van der Waals surface area contributed by atoms with Gasteiger partial charge in [-0.05, 0) is 19.8 Å². The van der Waals surface area contributed by atoms with Crippen LogP contribution in [0, 0.1) is 0 Å². The van der Waals surface area contributed by atoms with Crippen molar-refractivity contribution >= 4 is 11.9 Å². The van der Waals surface area contributed by atoms with Gasteiger partial charge < -0.3 is 10.0 Å². The van der Waals surface area contributed by atoms with Crippen LogP contribution in [0.5, 0.6) is 0 Å². The van der Waals surface area contributed by atoms with Crippen LogP contribution in [0.1, 0.15) is 32.6 Å². The number of carboxylic acids is 1. The van der Waals surface area contributed by atoms with Crippen LogP contribution in [0.15, 0.2) is 0 Å².